The number of amides is 1. The van der Waals surface area contributed by atoms with Gasteiger partial charge in [-0.1, -0.05) is 18.2 Å². The number of carboxylic acids is 1. The Labute approximate surface area is 157 Å². The molecule has 9 heteroatoms. The molecule has 1 saturated heterocycles. The summed E-state index contributed by atoms with van der Waals surface area (Å²) in [5, 5.41) is 16.3. The molecule has 8 nitrogen and oxygen atoms in total. The van der Waals surface area contributed by atoms with Crippen LogP contribution in [0.25, 0.3) is 10.8 Å². The molecule has 0 aliphatic carbocycles. The van der Waals surface area contributed by atoms with Gasteiger partial charge in [0.25, 0.3) is 11.5 Å². The minimum atomic E-state index is -1.08. The van der Waals surface area contributed by atoms with E-state index >= 15 is 0 Å². The summed E-state index contributed by atoms with van der Waals surface area (Å²) < 4.78 is 1.17. The van der Waals surface area contributed by atoms with E-state index in [2.05, 4.69) is 10.1 Å². The third-order valence-electron chi connectivity index (χ3n) is 4.70. The molecule has 1 fully saturated rings. The average molecular weight is 384 g/mol. The zero-order chi connectivity index (χ0) is 19.1. The Hall–Kier alpha value is -3.07. The summed E-state index contributed by atoms with van der Waals surface area (Å²) in [7, 11) is 1.52. The Bertz CT molecular complexity index is 1120. The predicted molar refractivity (Wildman–Crippen MR) is 99.1 cm³/mol. The Kier molecular flexibility index (Phi) is 4.23. The van der Waals surface area contributed by atoms with E-state index in [-0.39, 0.29) is 28.9 Å². The van der Waals surface area contributed by atoms with Gasteiger partial charge in [-0.2, -0.15) is 5.10 Å². The van der Waals surface area contributed by atoms with Crippen LogP contribution in [0.5, 0.6) is 0 Å². The first-order valence-corrected chi connectivity index (χ1v) is 9.31. The zero-order valence-corrected chi connectivity index (χ0v) is 15.3. The molecule has 3 heterocycles. The highest BCUT2D eigenvalue weighted by atomic mass is 32.1. The van der Waals surface area contributed by atoms with Crippen molar-refractivity contribution in [1.82, 2.24) is 19.7 Å². The lowest BCUT2D eigenvalue weighted by atomic mass is 10.1. The number of aromatic nitrogens is 3. The first kappa shape index (κ1) is 17.3. The summed E-state index contributed by atoms with van der Waals surface area (Å²) >= 11 is 1.24. The van der Waals surface area contributed by atoms with Crippen LogP contribution in [-0.2, 0) is 7.05 Å². The Morgan fingerprint density at radius 1 is 1.26 bits per heavy atom. The number of fused-ring (bicyclic) bond motifs is 1. The number of hydrogen-bond donors (Lipinski definition) is 1. The van der Waals surface area contributed by atoms with Crippen molar-refractivity contribution in [3.05, 3.63) is 56.4 Å². The number of carbonyl (C=O) groups is 2. The minimum Gasteiger partial charge on any atom is -0.476 e. The maximum absolute atomic E-state index is 13.3. The highest BCUT2D eigenvalue weighted by Gasteiger charge is 2.34. The molecule has 0 radical (unpaired) electrons. The van der Waals surface area contributed by atoms with Gasteiger partial charge in [0.1, 0.15) is 5.01 Å². The predicted octanol–water partition coefficient (Wildman–Crippen LogP) is 2.07. The van der Waals surface area contributed by atoms with E-state index in [1.807, 2.05) is 0 Å². The monoisotopic (exact) mass is 384 g/mol. The number of hydrogen-bond acceptors (Lipinski definition) is 6. The maximum Gasteiger partial charge on any atom is 0.355 e. The van der Waals surface area contributed by atoms with Crippen molar-refractivity contribution in [3.63, 3.8) is 0 Å². The summed E-state index contributed by atoms with van der Waals surface area (Å²) in [6.45, 7) is 0.532. The third kappa shape index (κ3) is 2.89. The standard InChI is InChI=1S/C18H16N4O4S/c1-21-16(23)11-6-3-2-5-10(11)14(20-21)17(24)22-8-4-7-13(22)15-19-12(9-27-15)18(25)26/h2-3,5-6,9,13H,4,7-8H2,1H3,(H,25,26). The van der Waals surface area contributed by atoms with E-state index in [1.165, 1.54) is 28.4 Å². The van der Waals surface area contributed by atoms with E-state index in [4.69, 9.17) is 5.11 Å². The van der Waals surface area contributed by atoms with Crippen LogP contribution in [0.4, 0.5) is 0 Å². The van der Waals surface area contributed by atoms with Crippen LogP contribution in [0.3, 0.4) is 0 Å². The van der Waals surface area contributed by atoms with Crippen LogP contribution in [0.15, 0.2) is 34.4 Å². The number of carbonyl (C=O) groups excluding carboxylic acids is 1. The summed E-state index contributed by atoms with van der Waals surface area (Å²) in [6, 6.07) is 6.63. The second-order valence-electron chi connectivity index (χ2n) is 6.36. The van der Waals surface area contributed by atoms with Crippen molar-refractivity contribution in [3.8, 4) is 0 Å². The molecule has 1 aliphatic rings. The van der Waals surface area contributed by atoms with Crippen molar-refractivity contribution >= 4 is 34.0 Å². The highest BCUT2D eigenvalue weighted by Crippen LogP contribution is 2.35. The average Bonchev–Trinajstić information content (AvgIpc) is 3.33. The minimum absolute atomic E-state index is 0.0139. The normalized spacial score (nSPS) is 16.8. The summed E-state index contributed by atoms with van der Waals surface area (Å²) in [5.41, 5.74) is -0.0549. The van der Waals surface area contributed by atoms with E-state index in [0.29, 0.717) is 28.7 Å². The number of likely N-dealkylation sites (tertiary alicyclic amines) is 1. The Balaban J connectivity index is 1.76. The van der Waals surface area contributed by atoms with E-state index in [9.17, 15) is 14.4 Å². The van der Waals surface area contributed by atoms with Crippen LogP contribution >= 0.6 is 11.3 Å². The molecule has 0 bridgehead atoms. The van der Waals surface area contributed by atoms with Gasteiger partial charge in [-0.3, -0.25) is 9.59 Å². The third-order valence-corrected chi connectivity index (χ3v) is 5.64. The Morgan fingerprint density at radius 3 is 2.70 bits per heavy atom. The SMILES string of the molecule is Cn1nc(C(=O)N2CCCC2c2nc(C(=O)O)cs2)c2ccccc2c1=O. The molecule has 1 amide bonds. The fourth-order valence-corrected chi connectivity index (χ4v) is 4.34. The molecule has 138 valence electrons. The first-order valence-electron chi connectivity index (χ1n) is 8.43. The van der Waals surface area contributed by atoms with Gasteiger partial charge in [0.2, 0.25) is 0 Å². The van der Waals surface area contributed by atoms with Crippen molar-refractivity contribution in [2.24, 2.45) is 7.05 Å². The molecule has 0 saturated carbocycles. The van der Waals surface area contributed by atoms with Gasteiger partial charge >= 0.3 is 5.97 Å². The van der Waals surface area contributed by atoms with Gasteiger partial charge in [0.15, 0.2) is 11.4 Å². The van der Waals surface area contributed by atoms with Crippen LogP contribution in [0.2, 0.25) is 0 Å². The number of thiazole rings is 1. The van der Waals surface area contributed by atoms with Gasteiger partial charge < -0.3 is 10.0 Å². The quantitative estimate of drug-likeness (QED) is 0.741. The molecule has 1 aromatic carbocycles. The largest absolute Gasteiger partial charge is 0.476 e. The maximum atomic E-state index is 13.3. The van der Waals surface area contributed by atoms with Crippen molar-refractivity contribution < 1.29 is 14.7 Å². The number of aromatic carboxylic acids is 1. The number of carboxylic acid groups (broad SMARTS) is 1. The summed E-state index contributed by atoms with van der Waals surface area (Å²) in [5.74, 6) is -1.37. The summed E-state index contributed by atoms with van der Waals surface area (Å²) in [6.07, 6.45) is 1.50. The second-order valence-corrected chi connectivity index (χ2v) is 7.25. The molecule has 2 aromatic heterocycles. The molecule has 1 aliphatic heterocycles. The number of aryl methyl sites for hydroxylation is 1. The number of benzene rings is 1. The van der Waals surface area contributed by atoms with Crippen molar-refractivity contribution in [2.75, 3.05) is 6.54 Å². The smallest absolute Gasteiger partial charge is 0.355 e. The molecule has 1 N–H and O–H groups in total. The van der Waals surface area contributed by atoms with Crippen molar-refractivity contribution in [1.29, 1.82) is 0 Å². The number of nitrogens with zero attached hydrogens (tertiary/aromatic N) is 4. The van der Waals surface area contributed by atoms with E-state index < -0.39 is 5.97 Å². The highest BCUT2D eigenvalue weighted by molar-refractivity contribution is 7.09. The zero-order valence-electron chi connectivity index (χ0n) is 14.5. The molecular formula is C18H16N4O4S. The molecule has 0 spiro atoms. The van der Waals surface area contributed by atoms with Crippen LogP contribution < -0.4 is 5.56 Å². The van der Waals surface area contributed by atoms with Gasteiger partial charge in [-0.25, -0.2) is 14.5 Å². The lowest BCUT2D eigenvalue weighted by Gasteiger charge is -2.23. The molecule has 4 rings (SSSR count). The second kappa shape index (κ2) is 6.58. The van der Waals surface area contributed by atoms with Gasteiger partial charge in [0, 0.05) is 24.4 Å². The molecule has 3 aromatic rings. The van der Waals surface area contributed by atoms with Crippen LogP contribution in [0.1, 0.15) is 44.9 Å². The molecule has 1 unspecified atom stereocenters. The van der Waals surface area contributed by atoms with Gasteiger partial charge in [-0.05, 0) is 18.9 Å². The van der Waals surface area contributed by atoms with Gasteiger partial charge in [-0.15, -0.1) is 11.3 Å². The van der Waals surface area contributed by atoms with Crippen LogP contribution in [0, 0.1) is 0 Å². The molecular weight excluding hydrogens is 368 g/mol. The van der Waals surface area contributed by atoms with E-state index in [1.54, 1.807) is 29.2 Å². The topological polar surface area (TPSA) is 105 Å². The fraction of sp³-hybridized carbons (Fsp3) is 0.278. The fourth-order valence-electron chi connectivity index (χ4n) is 3.40. The number of rotatable bonds is 3. The van der Waals surface area contributed by atoms with Crippen LogP contribution in [-0.4, -0.2) is 43.2 Å². The molecule has 1 atom stereocenters. The lowest BCUT2D eigenvalue weighted by Crippen LogP contribution is -2.33. The molecule has 27 heavy (non-hydrogen) atoms. The first-order chi connectivity index (χ1) is 13.0. The van der Waals surface area contributed by atoms with Crippen molar-refractivity contribution in [2.45, 2.75) is 18.9 Å². The van der Waals surface area contributed by atoms with E-state index in [0.717, 1.165) is 6.42 Å². The Morgan fingerprint density at radius 2 is 2.00 bits per heavy atom. The summed E-state index contributed by atoms with van der Waals surface area (Å²) in [4.78, 5) is 42.5. The lowest BCUT2D eigenvalue weighted by molar-refractivity contribution is 0.0691. The van der Waals surface area contributed by atoms with Gasteiger partial charge in [0.05, 0.1) is 11.4 Å².